The Balaban J connectivity index is 5.31. The summed E-state index contributed by atoms with van der Waals surface area (Å²) in [5.74, 6) is 0. The van der Waals surface area contributed by atoms with Crippen molar-refractivity contribution >= 4 is 15.3 Å². The molecule has 0 N–H and O–H groups in total. The van der Waals surface area contributed by atoms with Crippen molar-refractivity contribution < 1.29 is 9.22 Å². The molecule has 1 atom stereocenters. The van der Waals surface area contributed by atoms with Gasteiger partial charge in [-0.1, -0.05) is 34.6 Å². The molecule has 0 aromatic carbocycles. The van der Waals surface area contributed by atoms with Crippen molar-refractivity contribution in [3.63, 3.8) is 0 Å². The van der Waals surface area contributed by atoms with Crippen LogP contribution in [-0.4, -0.2) is 20.9 Å². The SMILES string of the molecule is C[SiH](C)OC(C)(C(C)(C)C)C(C)(C)C=O. The quantitative estimate of drug-likeness (QED) is 0.548. The summed E-state index contributed by atoms with van der Waals surface area (Å²) >= 11 is 0. The first-order valence-electron chi connectivity index (χ1n) is 5.62. The molecular formula is C12H26O2Si. The standard InChI is InChI=1S/C12H26O2Si/c1-10(2,3)12(6,14-15(7)8)11(4,5)9-13/h9,15H,1-8H3. The molecule has 90 valence electrons. The topological polar surface area (TPSA) is 26.3 Å². The second-order valence-corrected chi connectivity index (χ2v) is 8.62. The number of hydrogen-bond acceptors (Lipinski definition) is 2. The zero-order valence-electron chi connectivity index (χ0n) is 11.5. The third-order valence-corrected chi connectivity index (χ3v) is 4.37. The van der Waals surface area contributed by atoms with Gasteiger partial charge in [-0.25, -0.2) is 0 Å². The third kappa shape index (κ3) is 2.91. The molecule has 3 heteroatoms. The molecule has 0 aliphatic carbocycles. The zero-order chi connectivity index (χ0) is 12.5. The molecule has 0 aromatic rings. The van der Waals surface area contributed by atoms with E-state index in [0.29, 0.717) is 0 Å². The maximum Gasteiger partial charge on any atom is 0.171 e. The summed E-state index contributed by atoms with van der Waals surface area (Å²) in [6, 6.07) is 0. The van der Waals surface area contributed by atoms with Crippen LogP contribution in [0.3, 0.4) is 0 Å². The zero-order valence-corrected chi connectivity index (χ0v) is 12.6. The molecule has 2 nitrogen and oxygen atoms in total. The number of rotatable bonds is 4. The van der Waals surface area contributed by atoms with Gasteiger partial charge < -0.3 is 9.22 Å². The van der Waals surface area contributed by atoms with Gasteiger partial charge in [-0.15, -0.1) is 0 Å². The fourth-order valence-electron chi connectivity index (χ4n) is 1.88. The van der Waals surface area contributed by atoms with E-state index in [1.165, 1.54) is 0 Å². The third-order valence-electron chi connectivity index (χ3n) is 3.43. The summed E-state index contributed by atoms with van der Waals surface area (Å²) in [4.78, 5) is 11.2. The maximum absolute atomic E-state index is 11.2. The molecule has 0 bridgehead atoms. The fourth-order valence-corrected chi connectivity index (χ4v) is 3.48. The highest BCUT2D eigenvalue weighted by Crippen LogP contribution is 2.45. The van der Waals surface area contributed by atoms with Gasteiger partial charge in [0.25, 0.3) is 0 Å². The lowest BCUT2D eigenvalue weighted by Crippen LogP contribution is -2.56. The Morgan fingerprint density at radius 3 is 1.60 bits per heavy atom. The molecule has 0 aliphatic rings. The highest BCUT2D eigenvalue weighted by Gasteiger charge is 2.50. The molecule has 0 spiro atoms. The van der Waals surface area contributed by atoms with Gasteiger partial charge in [0.15, 0.2) is 9.04 Å². The number of carbonyl (C=O) groups is 1. The van der Waals surface area contributed by atoms with Crippen LogP contribution in [0.4, 0.5) is 0 Å². The molecule has 0 aliphatic heterocycles. The maximum atomic E-state index is 11.2. The van der Waals surface area contributed by atoms with E-state index < -0.39 is 20.1 Å². The summed E-state index contributed by atoms with van der Waals surface area (Å²) in [5, 5.41) is 0. The second kappa shape index (κ2) is 4.38. The smallest absolute Gasteiger partial charge is 0.171 e. The van der Waals surface area contributed by atoms with Crippen molar-refractivity contribution in [2.24, 2.45) is 10.8 Å². The van der Waals surface area contributed by atoms with Crippen LogP contribution in [0.15, 0.2) is 0 Å². The molecule has 15 heavy (non-hydrogen) atoms. The van der Waals surface area contributed by atoms with E-state index in [2.05, 4.69) is 40.8 Å². The first-order valence-corrected chi connectivity index (χ1v) is 8.40. The first kappa shape index (κ1) is 14.8. The van der Waals surface area contributed by atoms with Crippen molar-refractivity contribution in [2.45, 2.75) is 60.2 Å². The highest BCUT2D eigenvalue weighted by molar-refractivity contribution is 6.48. The van der Waals surface area contributed by atoms with Crippen LogP contribution in [-0.2, 0) is 9.22 Å². The highest BCUT2D eigenvalue weighted by atomic mass is 28.3. The van der Waals surface area contributed by atoms with Crippen molar-refractivity contribution in [3.05, 3.63) is 0 Å². The van der Waals surface area contributed by atoms with Crippen LogP contribution in [0.1, 0.15) is 41.5 Å². The Hall–Kier alpha value is -0.153. The number of carbonyl (C=O) groups excluding carboxylic acids is 1. The summed E-state index contributed by atoms with van der Waals surface area (Å²) in [7, 11) is -1.17. The molecular weight excluding hydrogens is 204 g/mol. The molecule has 0 amide bonds. The van der Waals surface area contributed by atoms with Gasteiger partial charge in [-0.3, -0.25) is 0 Å². The van der Waals surface area contributed by atoms with E-state index in [-0.39, 0.29) is 5.41 Å². The predicted octanol–water partition coefficient (Wildman–Crippen LogP) is 3.02. The minimum atomic E-state index is -1.17. The van der Waals surface area contributed by atoms with Crippen LogP contribution in [0.25, 0.3) is 0 Å². The summed E-state index contributed by atoms with van der Waals surface area (Å²) < 4.78 is 6.17. The van der Waals surface area contributed by atoms with Gasteiger partial charge in [0, 0.05) is 5.41 Å². The second-order valence-electron chi connectivity index (χ2n) is 6.29. The largest absolute Gasteiger partial charge is 0.414 e. The molecule has 1 unspecified atom stereocenters. The van der Waals surface area contributed by atoms with Crippen molar-refractivity contribution in [3.8, 4) is 0 Å². The van der Waals surface area contributed by atoms with E-state index >= 15 is 0 Å². The van der Waals surface area contributed by atoms with Gasteiger partial charge in [0.1, 0.15) is 6.29 Å². The molecule has 0 saturated heterocycles. The van der Waals surface area contributed by atoms with Gasteiger partial charge in [0.2, 0.25) is 0 Å². The van der Waals surface area contributed by atoms with E-state index in [4.69, 9.17) is 4.43 Å². The van der Waals surface area contributed by atoms with E-state index in [1.54, 1.807) is 0 Å². The van der Waals surface area contributed by atoms with Crippen LogP contribution in [0.5, 0.6) is 0 Å². The lowest BCUT2D eigenvalue weighted by molar-refractivity contribution is -0.141. The Kier molecular flexibility index (Phi) is 4.33. The first-order chi connectivity index (χ1) is 6.48. The Labute approximate surface area is 96.1 Å². The van der Waals surface area contributed by atoms with Crippen LogP contribution in [0, 0.1) is 10.8 Å². The molecule has 0 fully saturated rings. The summed E-state index contributed by atoms with van der Waals surface area (Å²) in [6.07, 6.45) is 1.02. The van der Waals surface area contributed by atoms with Crippen molar-refractivity contribution in [2.75, 3.05) is 0 Å². The number of hydrogen-bond donors (Lipinski definition) is 0. The minimum Gasteiger partial charge on any atom is -0.414 e. The fraction of sp³-hybridized carbons (Fsp3) is 0.917. The van der Waals surface area contributed by atoms with Crippen molar-refractivity contribution in [1.29, 1.82) is 0 Å². The lowest BCUT2D eigenvalue weighted by atomic mass is 9.63. The van der Waals surface area contributed by atoms with Crippen LogP contribution >= 0.6 is 0 Å². The van der Waals surface area contributed by atoms with Gasteiger partial charge in [-0.05, 0) is 25.4 Å². The molecule has 0 saturated carbocycles. The van der Waals surface area contributed by atoms with Crippen LogP contribution in [0.2, 0.25) is 13.1 Å². The van der Waals surface area contributed by atoms with Crippen molar-refractivity contribution in [1.82, 2.24) is 0 Å². The minimum absolute atomic E-state index is 0.0469. The van der Waals surface area contributed by atoms with E-state index in [1.807, 2.05) is 13.8 Å². The van der Waals surface area contributed by atoms with E-state index in [0.717, 1.165) is 6.29 Å². The molecule has 0 rings (SSSR count). The van der Waals surface area contributed by atoms with Gasteiger partial charge in [-0.2, -0.15) is 0 Å². The Morgan fingerprint density at radius 2 is 1.40 bits per heavy atom. The molecule has 0 radical (unpaired) electrons. The average Bonchev–Trinajstić information content (AvgIpc) is 2.00. The van der Waals surface area contributed by atoms with Gasteiger partial charge >= 0.3 is 0 Å². The lowest BCUT2D eigenvalue weighted by Gasteiger charge is -2.51. The monoisotopic (exact) mass is 230 g/mol. The van der Waals surface area contributed by atoms with Crippen LogP contribution < -0.4 is 0 Å². The Bertz CT molecular complexity index is 228. The normalized spacial score (nSPS) is 17.7. The van der Waals surface area contributed by atoms with Gasteiger partial charge in [0.05, 0.1) is 5.60 Å². The molecule has 0 heterocycles. The Morgan fingerprint density at radius 1 is 1.00 bits per heavy atom. The summed E-state index contributed by atoms with van der Waals surface area (Å²) in [5.41, 5.74) is -0.903. The molecule has 0 aromatic heterocycles. The van der Waals surface area contributed by atoms with E-state index in [9.17, 15) is 4.79 Å². The summed E-state index contributed by atoms with van der Waals surface area (Å²) in [6.45, 7) is 16.7. The number of aldehydes is 1. The average molecular weight is 230 g/mol. The predicted molar refractivity (Wildman–Crippen MR) is 67.7 cm³/mol.